The number of methoxy groups -OCH3 is 1. The maximum atomic E-state index is 5.97. The predicted octanol–water partition coefficient (Wildman–Crippen LogP) is 4.43. The molecule has 3 heteroatoms. The van der Waals surface area contributed by atoms with Gasteiger partial charge in [-0.1, -0.05) is 41.5 Å². The zero-order chi connectivity index (χ0) is 16.3. The number of hydrogen-bond donors (Lipinski definition) is 0. The molecule has 0 saturated carbocycles. The van der Waals surface area contributed by atoms with Crippen molar-refractivity contribution in [2.45, 2.75) is 65.6 Å². The molecule has 1 atom stereocenters. The van der Waals surface area contributed by atoms with E-state index in [9.17, 15) is 0 Å². The summed E-state index contributed by atoms with van der Waals surface area (Å²) in [7, 11) is 1.61. The van der Waals surface area contributed by atoms with Gasteiger partial charge >= 0.3 is 0 Å². The molecule has 1 aromatic rings. The van der Waals surface area contributed by atoms with Crippen molar-refractivity contribution in [3.05, 3.63) is 29.3 Å². The Kier molecular flexibility index (Phi) is 5.83. The van der Waals surface area contributed by atoms with Gasteiger partial charge in [0.2, 0.25) is 0 Å². The van der Waals surface area contributed by atoms with Crippen LogP contribution in [0.15, 0.2) is 12.1 Å². The molecule has 1 radical (unpaired) electrons. The van der Waals surface area contributed by atoms with Crippen molar-refractivity contribution >= 4 is 0 Å². The number of benzene rings is 1. The minimum absolute atomic E-state index is 0.0139. The Balaban J connectivity index is 3.12. The van der Waals surface area contributed by atoms with Crippen molar-refractivity contribution in [1.82, 2.24) is 0 Å². The topological polar surface area (TPSA) is 27.7 Å². The zero-order valence-corrected chi connectivity index (χ0v) is 14.7. The lowest BCUT2D eigenvalue weighted by Gasteiger charge is -2.29. The molecule has 0 aliphatic rings. The molecule has 1 rings (SSSR count). The third kappa shape index (κ3) is 5.01. The average molecular weight is 293 g/mol. The van der Waals surface area contributed by atoms with E-state index in [4.69, 9.17) is 14.2 Å². The van der Waals surface area contributed by atoms with Gasteiger partial charge < -0.3 is 14.2 Å². The fourth-order valence-corrected chi connectivity index (χ4v) is 2.01. The van der Waals surface area contributed by atoms with Gasteiger partial charge in [0, 0.05) is 18.2 Å². The van der Waals surface area contributed by atoms with Gasteiger partial charge in [0.1, 0.15) is 5.75 Å². The number of rotatable bonds is 5. The van der Waals surface area contributed by atoms with E-state index < -0.39 is 0 Å². The van der Waals surface area contributed by atoms with Crippen LogP contribution < -0.4 is 4.74 Å². The summed E-state index contributed by atoms with van der Waals surface area (Å²) in [5.41, 5.74) is 2.26. The summed E-state index contributed by atoms with van der Waals surface area (Å²) in [4.78, 5) is 0. The minimum Gasteiger partial charge on any atom is -0.467 e. The Bertz CT molecular complexity index is 420. The van der Waals surface area contributed by atoms with Crippen LogP contribution in [0, 0.1) is 6.07 Å². The van der Waals surface area contributed by atoms with Gasteiger partial charge in [0.25, 0.3) is 0 Å². The lowest BCUT2D eigenvalue weighted by molar-refractivity contribution is -0.150. The molecule has 0 heterocycles. The molecule has 0 aliphatic heterocycles. The third-order valence-corrected chi connectivity index (χ3v) is 3.40. The van der Waals surface area contributed by atoms with E-state index in [1.54, 1.807) is 7.11 Å². The summed E-state index contributed by atoms with van der Waals surface area (Å²) in [6, 6.07) is 7.26. The smallest absolute Gasteiger partial charge is 0.191 e. The van der Waals surface area contributed by atoms with Crippen LogP contribution in [-0.2, 0) is 20.3 Å². The van der Waals surface area contributed by atoms with Crippen LogP contribution in [0.1, 0.15) is 59.6 Å². The first-order valence-electron chi connectivity index (χ1n) is 7.39. The van der Waals surface area contributed by atoms with Crippen LogP contribution in [0.5, 0.6) is 5.75 Å². The van der Waals surface area contributed by atoms with Crippen LogP contribution in [0.4, 0.5) is 0 Å². The van der Waals surface area contributed by atoms with E-state index in [0.29, 0.717) is 0 Å². The van der Waals surface area contributed by atoms with Crippen molar-refractivity contribution in [1.29, 1.82) is 0 Å². The third-order valence-electron chi connectivity index (χ3n) is 3.40. The number of hydrogen-bond acceptors (Lipinski definition) is 3. The maximum Gasteiger partial charge on any atom is 0.191 e. The second-order valence-corrected chi connectivity index (χ2v) is 7.34. The monoisotopic (exact) mass is 293 g/mol. The van der Waals surface area contributed by atoms with Crippen molar-refractivity contribution in [3.8, 4) is 5.75 Å². The molecular formula is C18H29O3. The SMILES string of the molecule is COC(C)OCOc1c(C(C)(C)C)c[c]cc1C(C)(C)C. The highest BCUT2D eigenvalue weighted by Gasteiger charge is 2.26. The number of ether oxygens (including phenoxy) is 3. The molecule has 21 heavy (non-hydrogen) atoms. The largest absolute Gasteiger partial charge is 0.467 e. The average Bonchev–Trinajstić information content (AvgIpc) is 2.36. The van der Waals surface area contributed by atoms with Gasteiger partial charge in [-0.15, -0.1) is 0 Å². The van der Waals surface area contributed by atoms with E-state index in [1.807, 2.05) is 19.1 Å². The molecule has 0 amide bonds. The van der Waals surface area contributed by atoms with Crippen molar-refractivity contribution in [2.24, 2.45) is 0 Å². The second-order valence-electron chi connectivity index (χ2n) is 7.34. The molecule has 1 unspecified atom stereocenters. The summed E-state index contributed by atoms with van der Waals surface area (Å²) >= 11 is 0. The van der Waals surface area contributed by atoms with Gasteiger partial charge in [-0.3, -0.25) is 0 Å². The summed E-state index contributed by atoms with van der Waals surface area (Å²) in [5.74, 6) is 0.900. The van der Waals surface area contributed by atoms with Gasteiger partial charge in [-0.05, 0) is 36.0 Å². The first-order chi connectivity index (χ1) is 9.57. The molecule has 0 spiro atoms. The molecule has 3 nitrogen and oxygen atoms in total. The Morgan fingerprint density at radius 1 is 1.00 bits per heavy atom. The first-order valence-corrected chi connectivity index (χ1v) is 7.39. The molecule has 0 aromatic heterocycles. The van der Waals surface area contributed by atoms with E-state index in [1.165, 1.54) is 0 Å². The second kappa shape index (κ2) is 6.80. The van der Waals surface area contributed by atoms with E-state index >= 15 is 0 Å². The normalized spacial score (nSPS) is 14.1. The molecule has 119 valence electrons. The molecule has 0 bridgehead atoms. The van der Waals surface area contributed by atoms with Crippen LogP contribution in [0.3, 0.4) is 0 Å². The Hall–Kier alpha value is -1.06. The van der Waals surface area contributed by atoms with Crippen molar-refractivity contribution < 1.29 is 14.2 Å². The fourth-order valence-electron chi connectivity index (χ4n) is 2.01. The fraction of sp³-hybridized carbons (Fsp3) is 0.667. The van der Waals surface area contributed by atoms with Crippen molar-refractivity contribution in [3.63, 3.8) is 0 Å². The summed E-state index contributed by atoms with van der Waals surface area (Å²) in [6.45, 7) is 15.1. The van der Waals surface area contributed by atoms with E-state index in [-0.39, 0.29) is 23.9 Å². The Morgan fingerprint density at radius 2 is 1.48 bits per heavy atom. The minimum atomic E-state index is -0.281. The van der Waals surface area contributed by atoms with Crippen LogP contribution in [-0.4, -0.2) is 20.2 Å². The molecule has 0 saturated heterocycles. The summed E-state index contributed by atoms with van der Waals surface area (Å²) in [5, 5.41) is 0. The van der Waals surface area contributed by atoms with Crippen LogP contribution in [0.25, 0.3) is 0 Å². The lowest BCUT2D eigenvalue weighted by Crippen LogP contribution is -2.21. The highest BCUT2D eigenvalue weighted by atomic mass is 16.7. The van der Waals surface area contributed by atoms with E-state index in [0.717, 1.165) is 16.9 Å². The zero-order valence-electron chi connectivity index (χ0n) is 14.7. The van der Waals surface area contributed by atoms with Gasteiger partial charge in [-0.2, -0.15) is 0 Å². The first kappa shape index (κ1) is 18.0. The molecule has 0 aliphatic carbocycles. The maximum absolute atomic E-state index is 5.97. The predicted molar refractivity (Wildman–Crippen MR) is 85.7 cm³/mol. The summed E-state index contributed by atoms with van der Waals surface area (Å²) < 4.78 is 16.5. The molecule has 0 N–H and O–H groups in total. The molecule has 1 aromatic carbocycles. The lowest BCUT2D eigenvalue weighted by atomic mass is 9.79. The summed E-state index contributed by atoms with van der Waals surface area (Å²) in [6.07, 6.45) is -0.281. The van der Waals surface area contributed by atoms with Gasteiger partial charge in [0.05, 0.1) is 0 Å². The standard InChI is InChI=1S/C18H29O3/c1-13(19-8)20-12-21-16-14(17(2,3)4)10-9-11-15(16)18(5,6)7/h10-11,13H,12H2,1-8H3. The van der Waals surface area contributed by atoms with Gasteiger partial charge in [-0.25, -0.2) is 0 Å². The highest BCUT2D eigenvalue weighted by Crippen LogP contribution is 2.39. The quantitative estimate of drug-likeness (QED) is 0.752. The Morgan fingerprint density at radius 3 is 1.86 bits per heavy atom. The Labute approximate surface area is 129 Å². The highest BCUT2D eigenvalue weighted by molar-refractivity contribution is 5.47. The van der Waals surface area contributed by atoms with Crippen LogP contribution in [0.2, 0.25) is 0 Å². The van der Waals surface area contributed by atoms with Gasteiger partial charge in [0.15, 0.2) is 13.1 Å². The van der Waals surface area contributed by atoms with E-state index in [2.05, 4.69) is 47.6 Å². The van der Waals surface area contributed by atoms with Crippen molar-refractivity contribution in [2.75, 3.05) is 13.9 Å². The van der Waals surface area contributed by atoms with Crippen LogP contribution >= 0.6 is 0 Å². The molecular weight excluding hydrogens is 264 g/mol. The molecule has 0 fully saturated rings.